The third-order valence-electron chi connectivity index (χ3n) is 17.4. The van der Waals surface area contributed by atoms with Crippen molar-refractivity contribution in [1.29, 1.82) is 0 Å². The molecule has 0 bridgehead atoms. The van der Waals surface area contributed by atoms with Crippen molar-refractivity contribution in [1.82, 2.24) is 0 Å². The molecule has 19 heteroatoms. The van der Waals surface area contributed by atoms with Gasteiger partial charge in [0.05, 0.1) is 26.4 Å². The smallest absolute Gasteiger partial charge is 0.462 e. The van der Waals surface area contributed by atoms with Gasteiger partial charge in [-0.15, -0.1) is 0 Å². The number of esters is 4. The van der Waals surface area contributed by atoms with Gasteiger partial charge in [-0.05, 0) is 122 Å². The van der Waals surface area contributed by atoms with Gasteiger partial charge in [-0.1, -0.05) is 323 Å². The molecule has 0 aromatic carbocycles. The summed E-state index contributed by atoms with van der Waals surface area (Å²) in [6, 6.07) is 0. The zero-order valence-corrected chi connectivity index (χ0v) is 68.6. The van der Waals surface area contributed by atoms with Crippen LogP contribution < -0.4 is 0 Å². The molecule has 106 heavy (non-hydrogen) atoms. The van der Waals surface area contributed by atoms with Gasteiger partial charge in [-0.25, -0.2) is 9.13 Å². The number of phosphoric ester groups is 2. The van der Waals surface area contributed by atoms with E-state index in [1.807, 2.05) is 12.2 Å². The average molecular weight is 1530 g/mol. The van der Waals surface area contributed by atoms with Gasteiger partial charge < -0.3 is 33.8 Å². The van der Waals surface area contributed by atoms with E-state index in [0.29, 0.717) is 32.1 Å². The predicted octanol–water partition coefficient (Wildman–Crippen LogP) is 24.7. The lowest BCUT2D eigenvalue weighted by Crippen LogP contribution is -2.30. The Hall–Kier alpha value is -4.54. The molecular weight excluding hydrogens is 1380 g/mol. The van der Waals surface area contributed by atoms with Gasteiger partial charge in [0, 0.05) is 25.7 Å². The second-order valence-corrected chi connectivity index (χ2v) is 30.6. The quantitative estimate of drug-likeness (QED) is 0.0169. The number of carbonyl (C=O) groups is 4. The number of allylic oxidation sites excluding steroid dienone is 20. The first kappa shape index (κ1) is 101. The fourth-order valence-electron chi connectivity index (χ4n) is 11.1. The van der Waals surface area contributed by atoms with Crippen LogP contribution in [0.15, 0.2) is 122 Å². The largest absolute Gasteiger partial charge is 0.472 e. The summed E-state index contributed by atoms with van der Waals surface area (Å²) in [5.74, 6) is -2.28. The molecule has 0 saturated heterocycles. The first-order chi connectivity index (χ1) is 51.7. The number of carbonyl (C=O) groups excluding carboxylic acids is 4. The normalized spacial score (nSPS) is 14.4. The number of ether oxygens (including phenoxy) is 4. The van der Waals surface area contributed by atoms with Gasteiger partial charge in [0.1, 0.15) is 19.3 Å². The van der Waals surface area contributed by atoms with E-state index in [1.54, 1.807) is 0 Å². The molecule has 5 atom stereocenters. The number of unbranched alkanes of at least 4 members (excludes halogenated alkanes) is 32. The molecule has 0 aromatic heterocycles. The summed E-state index contributed by atoms with van der Waals surface area (Å²) in [6.07, 6.45) is 87.5. The molecule has 5 unspecified atom stereocenters. The van der Waals surface area contributed by atoms with Gasteiger partial charge in [-0.3, -0.25) is 37.3 Å². The van der Waals surface area contributed by atoms with Crippen LogP contribution in [0, 0.1) is 0 Å². The fourth-order valence-corrected chi connectivity index (χ4v) is 12.7. The molecule has 610 valence electrons. The highest BCUT2D eigenvalue weighted by Crippen LogP contribution is 2.45. The van der Waals surface area contributed by atoms with Crippen molar-refractivity contribution in [3.63, 3.8) is 0 Å². The highest BCUT2D eigenvalue weighted by Gasteiger charge is 2.30. The summed E-state index contributed by atoms with van der Waals surface area (Å²) in [5, 5.41) is 10.7. The summed E-state index contributed by atoms with van der Waals surface area (Å²) in [5.41, 5.74) is 0. The second kappa shape index (κ2) is 78.6. The van der Waals surface area contributed by atoms with Crippen LogP contribution in [-0.2, 0) is 65.4 Å². The number of phosphoric acid groups is 2. The monoisotopic (exact) mass is 1530 g/mol. The van der Waals surface area contributed by atoms with Crippen LogP contribution in [-0.4, -0.2) is 96.7 Å². The SMILES string of the molecule is CC/C=C\C/C=C\C/C=C\C/C=C\C/C=C\C/C=C\CCC(=O)OCC(COP(=O)(O)OCC(O)COP(=O)(O)OCC(COC(=O)CCCCCCCCC/C=C\C/C=C\C/C=C\CC)OC(=O)CCCCCCC/C=C\CCCCCCCC)OC(=O)CCCCCCCCCCCCCCCCC. The Morgan fingerprint density at radius 1 is 0.274 bits per heavy atom. The molecule has 0 radical (unpaired) electrons. The van der Waals surface area contributed by atoms with Crippen molar-refractivity contribution in [2.75, 3.05) is 39.6 Å². The topological polar surface area (TPSA) is 237 Å². The standard InChI is InChI=1S/C87H150O17P2/c1-5-9-13-17-21-25-29-33-37-39-40-42-46-48-52-56-60-64-68-72-85(90)98-78-83(104-87(92)74-70-66-62-58-54-50-44-36-32-28-24-20-16-12-8-4)80-102-106(95,96)100-76-81(88)75-99-105(93,94)101-79-82(103-86(91)73-69-65-61-57-53-49-43-35-31-27-23-19-15-11-7-3)77-97-84(89)71-67-63-59-55-51-47-45-41-38-34-30-26-22-18-14-10-6-2/h9-10,13-14,21-22,25-26,33-35,37-38,40,42-43,48,52,60,64,81-83,88H,5-8,11-12,15-20,23-24,27-32,36,39,41,44-47,49-51,53-59,61-63,65-80H2,1-4H3,(H,93,94)(H,95,96)/b13-9-,14-10-,25-21-,26-22-,37-33-,38-34-,42-40-,43-35-,52-48-,64-60-. The van der Waals surface area contributed by atoms with E-state index in [4.69, 9.17) is 37.0 Å². The average Bonchev–Trinajstić information content (AvgIpc) is 0.909. The summed E-state index contributed by atoms with van der Waals surface area (Å²) < 4.78 is 68.7. The third-order valence-corrected chi connectivity index (χ3v) is 19.3. The second-order valence-electron chi connectivity index (χ2n) is 27.7. The maximum absolute atomic E-state index is 13.1. The summed E-state index contributed by atoms with van der Waals surface area (Å²) in [7, 11) is -9.98. The van der Waals surface area contributed by atoms with E-state index >= 15 is 0 Å². The van der Waals surface area contributed by atoms with Gasteiger partial charge in [-0.2, -0.15) is 0 Å². The van der Waals surface area contributed by atoms with E-state index in [2.05, 4.69) is 137 Å². The molecule has 3 N–H and O–H groups in total. The van der Waals surface area contributed by atoms with Gasteiger partial charge in [0.25, 0.3) is 0 Å². The third kappa shape index (κ3) is 77.6. The number of hydrogen-bond donors (Lipinski definition) is 3. The molecule has 0 aliphatic rings. The number of aliphatic hydroxyl groups is 1. The molecule has 0 fully saturated rings. The van der Waals surface area contributed by atoms with Crippen molar-refractivity contribution in [3.05, 3.63) is 122 Å². The van der Waals surface area contributed by atoms with Gasteiger partial charge in [0.15, 0.2) is 12.2 Å². The molecule has 0 aliphatic carbocycles. The minimum absolute atomic E-state index is 0.0366. The van der Waals surface area contributed by atoms with E-state index in [1.165, 1.54) is 103 Å². The molecule has 0 spiro atoms. The van der Waals surface area contributed by atoms with Crippen molar-refractivity contribution in [3.8, 4) is 0 Å². The Labute approximate surface area is 644 Å². The number of rotatable bonds is 78. The molecule has 0 heterocycles. The molecule has 0 saturated carbocycles. The summed E-state index contributed by atoms with van der Waals surface area (Å²) in [4.78, 5) is 73.1. The highest BCUT2D eigenvalue weighted by atomic mass is 31.2. The maximum Gasteiger partial charge on any atom is 0.472 e. The zero-order valence-electron chi connectivity index (χ0n) is 66.8. The minimum atomic E-state index is -5.00. The van der Waals surface area contributed by atoms with Crippen LogP contribution in [0.4, 0.5) is 0 Å². The Bertz CT molecular complexity index is 2480. The highest BCUT2D eigenvalue weighted by molar-refractivity contribution is 7.47. The van der Waals surface area contributed by atoms with Gasteiger partial charge in [0.2, 0.25) is 0 Å². The van der Waals surface area contributed by atoms with Crippen LogP contribution in [0.1, 0.15) is 349 Å². The lowest BCUT2D eigenvalue weighted by atomic mass is 10.0. The Morgan fingerprint density at radius 2 is 0.509 bits per heavy atom. The lowest BCUT2D eigenvalue weighted by molar-refractivity contribution is -0.161. The van der Waals surface area contributed by atoms with Crippen molar-refractivity contribution >= 4 is 39.5 Å². The van der Waals surface area contributed by atoms with Crippen LogP contribution in [0.5, 0.6) is 0 Å². The van der Waals surface area contributed by atoms with Crippen molar-refractivity contribution < 1.29 is 80.2 Å². The Kier molecular flexibility index (Phi) is 75.2. The summed E-state index contributed by atoms with van der Waals surface area (Å²) in [6.45, 7) is 4.59. The molecule has 0 amide bonds. The molecule has 0 aliphatic heterocycles. The van der Waals surface area contributed by atoms with Crippen LogP contribution in [0.3, 0.4) is 0 Å². The number of aliphatic hydroxyl groups excluding tert-OH is 1. The Morgan fingerprint density at radius 3 is 0.821 bits per heavy atom. The fraction of sp³-hybridized carbons (Fsp3) is 0.724. The molecule has 0 aromatic rings. The van der Waals surface area contributed by atoms with Crippen molar-refractivity contribution in [2.24, 2.45) is 0 Å². The molecule has 0 rings (SSSR count). The van der Waals surface area contributed by atoms with E-state index < -0.39 is 97.5 Å². The van der Waals surface area contributed by atoms with Crippen LogP contribution >= 0.6 is 15.6 Å². The predicted molar refractivity (Wildman–Crippen MR) is 436 cm³/mol. The zero-order chi connectivity index (χ0) is 77.4. The van der Waals surface area contributed by atoms with Crippen LogP contribution in [0.25, 0.3) is 0 Å². The number of hydrogen-bond acceptors (Lipinski definition) is 15. The minimum Gasteiger partial charge on any atom is -0.462 e. The van der Waals surface area contributed by atoms with E-state index in [-0.39, 0.29) is 25.7 Å². The van der Waals surface area contributed by atoms with Gasteiger partial charge >= 0.3 is 39.5 Å². The van der Waals surface area contributed by atoms with Crippen molar-refractivity contribution in [2.45, 2.75) is 367 Å². The first-order valence-corrected chi connectivity index (χ1v) is 44.8. The van der Waals surface area contributed by atoms with E-state index in [0.717, 1.165) is 161 Å². The summed E-state index contributed by atoms with van der Waals surface area (Å²) >= 11 is 0. The van der Waals surface area contributed by atoms with Crippen LogP contribution in [0.2, 0.25) is 0 Å². The Balaban J connectivity index is 5.42. The lowest BCUT2D eigenvalue weighted by Gasteiger charge is -2.21. The molecule has 17 nitrogen and oxygen atoms in total. The van der Waals surface area contributed by atoms with E-state index in [9.17, 15) is 43.2 Å². The maximum atomic E-state index is 13.1. The first-order valence-electron chi connectivity index (χ1n) is 41.8. The molecular formula is C87H150O17P2.